The van der Waals surface area contributed by atoms with Gasteiger partial charge in [-0.2, -0.15) is 0 Å². The summed E-state index contributed by atoms with van der Waals surface area (Å²) in [4.78, 5) is 4.13. The second-order valence-electron chi connectivity index (χ2n) is 5.80. The molecule has 1 heterocycles. The van der Waals surface area contributed by atoms with Crippen LogP contribution in [0.2, 0.25) is 0 Å². The molecule has 0 saturated heterocycles. The monoisotopic (exact) mass is 270 g/mol. The van der Waals surface area contributed by atoms with Gasteiger partial charge in [0, 0.05) is 30.9 Å². The van der Waals surface area contributed by atoms with Crippen LogP contribution in [0.5, 0.6) is 0 Å². The number of aliphatic hydroxyl groups is 1. The van der Waals surface area contributed by atoms with E-state index in [0.717, 1.165) is 25.9 Å². The molecule has 20 heavy (non-hydrogen) atoms. The highest BCUT2D eigenvalue weighted by Crippen LogP contribution is 2.23. The molecule has 3 nitrogen and oxygen atoms in total. The van der Waals surface area contributed by atoms with Gasteiger partial charge in [0.1, 0.15) is 0 Å². The number of hydrogen-bond acceptors (Lipinski definition) is 3. The summed E-state index contributed by atoms with van der Waals surface area (Å²) in [6.07, 6.45) is 8.16. The number of pyridine rings is 1. The average molecular weight is 270 g/mol. The maximum absolute atomic E-state index is 9.96. The van der Waals surface area contributed by atoms with Gasteiger partial charge in [0.2, 0.25) is 0 Å². The van der Waals surface area contributed by atoms with E-state index in [1.54, 1.807) is 0 Å². The maximum atomic E-state index is 9.96. The first-order valence-corrected chi connectivity index (χ1v) is 7.54. The van der Waals surface area contributed by atoms with E-state index < -0.39 is 0 Å². The largest absolute Gasteiger partial charge is 0.393 e. The van der Waals surface area contributed by atoms with Crippen molar-refractivity contribution in [2.75, 3.05) is 6.54 Å². The third-order valence-electron chi connectivity index (χ3n) is 4.31. The first-order chi connectivity index (χ1) is 9.83. The van der Waals surface area contributed by atoms with Gasteiger partial charge < -0.3 is 10.4 Å². The second-order valence-corrected chi connectivity index (χ2v) is 5.80. The third-order valence-corrected chi connectivity index (χ3v) is 4.31. The minimum absolute atomic E-state index is 0.112. The quantitative estimate of drug-likeness (QED) is 0.898. The molecule has 3 heteroatoms. The van der Waals surface area contributed by atoms with Crippen molar-refractivity contribution in [3.8, 4) is 0 Å². The van der Waals surface area contributed by atoms with Crippen molar-refractivity contribution >= 4 is 10.8 Å². The molecule has 2 atom stereocenters. The normalized spacial score (nSPS) is 23.1. The molecule has 106 valence electrons. The van der Waals surface area contributed by atoms with Crippen LogP contribution >= 0.6 is 0 Å². The fraction of sp³-hybridized carbons (Fsp3) is 0.471. The van der Waals surface area contributed by atoms with E-state index in [9.17, 15) is 5.11 Å². The third kappa shape index (κ3) is 3.17. The fourth-order valence-electron chi connectivity index (χ4n) is 3.07. The fourth-order valence-corrected chi connectivity index (χ4v) is 3.07. The van der Waals surface area contributed by atoms with Gasteiger partial charge in [-0.15, -0.1) is 0 Å². The highest BCUT2D eigenvalue weighted by atomic mass is 16.3. The number of nitrogens with zero attached hydrogens (tertiary/aromatic N) is 1. The Hall–Kier alpha value is -1.45. The number of rotatable bonds is 4. The minimum atomic E-state index is -0.112. The van der Waals surface area contributed by atoms with Crippen molar-refractivity contribution in [1.29, 1.82) is 0 Å². The highest BCUT2D eigenvalue weighted by molar-refractivity contribution is 5.81. The van der Waals surface area contributed by atoms with Gasteiger partial charge in [0.05, 0.1) is 6.10 Å². The van der Waals surface area contributed by atoms with Crippen molar-refractivity contribution in [1.82, 2.24) is 10.3 Å². The first kappa shape index (κ1) is 13.5. The minimum Gasteiger partial charge on any atom is -0.393 e. The molecule has 2 aromatic rings. The Morgan fingerprint density at radius 3 is 2.95 bits per heavy atom. The van der Waals surface area contributed by atoms with Gasteiger partial charge in [0.15, 0.2) is 0 Å². The second kappa shape index (κ2) is 6.33. The molecule has 2 unspecified atom stereocenters. The van der Waals surface area contributed by atoms with Crippen LogP contribution in [0, 0.1) is 5.92 Å². The average Bonchev–Trinajstić information content (AvgIpc) is 2.49. The van der Waals surface area contributed by atoms with Crippen LogP contribution in [0.3, 0.4) is 0 Å². The summed E-state index contributed by atoms with van der Waals surface area (Å²) in [6.45, 7) is 1.77. The van der Waals surface area contributed by atoms with E-state index in [2.05, 4.69) is 28.5 Å². The number of nitrogens with one attached hydrogen (secondary N) is 1. The van der Waals surface area contributed by atoms with Gasteiger partial charge in [-0.3, -0.25) is 4.98 Å². The first-order valence-electron chi connectivity index (χ1n) is 7.54. The Kier molecular flexibility index (Phi) is 4.28. The Labute approximate surface area is 120 Å². The molecule has 2 N–H and O–H groups in total. The molecule has 1 aromatic carbocycles. The van der Waals surface area contributed by atoms with E-state index >= 15 is 0 Å². The van der Waals surface area contributed by atoms with Gasteiger partial charge in [-0.05, 0) is 41.8 Å². The summed E-state index contributed by atoms with van der Waals surface area (Å²) in [5.74, 6) is 0.424. The zero-order valence-corrected chi connectivity index (χ0v) is 11.8. The number of fused-ring (bicyclic) bond motifs is 1. The summed E-state index contributed by atoms with van der Waals surface area (Å²) in [5.41, 5.74) is 1.29. The molecular weight excluding hydrogens is 248 g/mol. The van der Waals surface area contributed by atoms with E-state index in [0.29, 0.717) is 5.92 Å². The predicted molar refractivity (Wildman–Crippen MR) is 81.4 cm³/mol. The lowest BCUT2D eigenvalue weighted by Crippen LogP contribution is -2.33. The zero-order chi connectivity index (χ0) is 13.8. The Bertz CT molecular complexity index is 570. The van der Waals surface area contributed by atoms with Gasteiger partial charge >= 0.3 is 0 Å². The number of benzene rings is 1. The van der Waals surface area contributed by atoms with Crippen LogP contribution < -0.4 is 5.32 Å². The van der Waals surface area contributed by atoms with Crippen LogP contribution in [0.15, 0.2) is 36.7 Å². The number of aliphatic hydroxyl groups excluding tert-OH is 1. The van der Waals surface area contributed by atoms with E-state index in [1.165, 1.54) is 29.2 Å². The molecule has 1 aromatic heterocycles. The lowest BCUT2D eigenvalue weighted by atomic mass is 9.86. The SMILES string of the molecule is OC1CCCCC1CNCc1ccc2cnccc2c1. The molecule has 1 aliphatic carbocycles. The number of hydrogen-bond donors (Lipinski definition) is 2. The molecule has 1 fully saturated rings. The predicted octanol–water partition coefficient (Wildman–Crippen LogP) is 2.88. The van der Waals surface area contributed by atoms with Crippen molar-refractivity contribution in [2.45, 2.75) is 38.3 Å². The van der Waals surface area contributed by atoms with Crippen LogP contribution in [-0.4, -0.2) is 22.7 Å². The van der Waals surface area contributed by atoms with Crippen LogP contribution in [0.4, 0.5) is 0 Å². The lowest BCUT2D eigenvalue weighted by Gasteiger charge is -2.27. The van der Waals surface area contributed by atoms with Crippen molar-refractivity contribution in [3.05, 3.63) is 42.2 Å². The van der Waals surface area contributed by atoms with Crippen LogP contribution in [0.25, 0.3) is 10.8 Å². The zero-order valence-electron chi connectivity index (χ0n) is 11.8. The van der Waals surface area contributed by atoms with Crippen LogP contribution in [-0.2, 0) is 6.54 Å². The molecule has 3 rings (SSSR count). The summed E-state index contributed by atoms with van der Waals surface area (Å²) >= 11 is 0. The molecule has 0 spiro atoms. The van der Waals surface area contributed by atoms with Crippen LogP contribution in [0.1, 0.15) is 31.2 Å². The smallest absolute Gasteiger partial charge is 0.0580 e. The van der Waals surface area contributed by atoms with Crippen molar-refractivity contribution in [2.24, 2.45) is 5.92 Å². The Morgan fingerprint density at radius 2 is 2.05 bits per heavy atom. The van der Waals surface area contributed by atoms with Gasteiger partial charge in [-0.25, -0.2) is 0 Å². The Morgan fingerprint density at radius 1 is 1.15 bits per heavy atom. The van der Waals surface area contributed by atoms with Gasteiger partial charge in [-0.1, -0.05) is 25.0 Å². The summed E-state index contributed by atoms with van der Waals surface area (Å²) in [6, 6.07) is 8.52. The molecule has 1 aliphatic rings. The summed E-state index contributed by atoms with van der Waals surface area (Å²) < 4.78 is 0. The summed E-state index contributed by atoms with van der Waals surface area (Å²) in [5, 5.41) is 15.9. The standard InChI is InChI=1S/C17H22N2O/c20-17-4-2-1-3-16(17)12-19-10-13-5-6-15-11-18-8-7-14(15)9-13/h5-9,11,16-17,19-20H,1-4,10,12H2. The molecule has 0 aliphatic heterocycles. The molecule has 0 radical (unpaired) electrons. The highest BCUT2D eigenvalue weighted by Gasteiger charge is 2.22. The lowest BCUT2D eigenvalue weighted by molar-refractivity contribution is 0.0695. The molecular formula is C17H22N2O. The number of aromatic nitrogens is 1. The molecule has 1 saturated carbocycles. The van der Waals surface area contributed by atoms with E-state index in [1.807, 2.05) is 18.5 Å². The van der Waals surface area contributed by atoms with Crippen molar-refractivity contribution in [3.63, 3.8) is 0 Å². The summed E-state index contributed by atoms with van der Waals surface area (Å²) in [7, 11) is 0. The molecule has 0 bridgehead atoms. The van der Waals surface area contributed by atoms with Crippen molar-refractivity contribution < 1.29 is 5.11 Å². The Balaban J connectivity index is 1.56. The maximum Gasteiger partial charge on any atom is 0.0580 e. The van der Waals surface area contributed by atoms with Gasteiger partial charge in [0.25, 0.3) is 0 Å². The topological polar surface area (TPSA) is 45.1 Å². The van der Waals surface area contributed by atoms with E-state index in [-0.39, 0.29) is 6.10 Å². The molecule has 0 amide bonds. The van der Waals surface area contributed by atoms with E-state index in [4.69, 9.17) is 0 Å².